The lowest BCUT2D eigenvalue weighted by Crippen LogP contribution is -1.91. The lowest BCUT2D eigenvalue weighted by molar-refractivity contribution is -0.105. The standard InChI is InChI=1S/C11H9N3S.C7H7NO2S.CH5N/c1-8-5-13-14-7-10(15-11(8)14)9-3-2-4-12-6-9;1-5-2-6(3-9)11-7(5)8-4-10;1-2/h2-7H,1H3;2-4H,1H3,(H,8,10);2H2,1H3. The van der Waals surface area contributed by atoms with E-state index in [1.165, 1.54) is 33.7 Å². The summed E-state index contributed by atoms with van der Waals surface area (Å²) in [6, 6.07) is 5.75. The second-order valence-corrected chi connectivity index (χ2v) is 7.57. The van der Waals surface area contributed by atoms with E-state index in [1.807, 2.05) is 36.1 Å². The summed E-state index contributed by atoms with van der Waals surface area (Å²) in [7, 11) is 1.50. The Kier molecular flexibility index (Phi) is 8.00. The number of thiophene rings is 1. The van der Waals surface area contributed by atoms with Gasteiger partial charge in [-0.15, -0.1) is 22.7 Å². The topological polar surface area (TPSA) is 102 Å². The van der Waals surface area contributed by atoms with Crippen molar-refractivity contribution in [3.63, 3.8) is 0 Å². The first-order valence-electron chi connectivity index (χ1n) is 8.30. The van der Waals surface area contributed by atoms with Crippen molar-refractivity contribution in [3.05, 3.63) is 59.0 Å². The van der Waals surface area contributed by atoms with E-state index in [2.05, 4.69) is 34.1 Å². The lowest BCUT2D eigenvalue weighted by atomic mass is 10.3. The molecule has 0 aromatic carbocycles. The predicted octanol–water partition coefficient (Wildman–Crippen LogP) is 3.78. The summed E-state index contributed by atoms with van der Waals surface area (Å²) in [4.78, 5) is 27.5. The van der Waals surface area contributed by atoms with Crippen molar-refractivity contribution in [1.82, 2.24) is 14.6 Å². The molecule has 0 atom stereocenters. The Morgan fingerprint density at radius 2 is 1.93 bits per heavy atom. The van der Waals surface area contributed by atoms with Gasteiger partial charge in [0, 0.05) is 29.7 Å². The normalized spacial score (nSPS) is 9.71. The van der Waals surface area contributed by atoms with E-state index in [1.54, 1.807) is 23.6 Å². The fourth-order valence-electron chi connectivity index (χ4n) is 2.30. The van der Waals surface area contributed by atoms with Gasteiger partial charge in [-0.3, -0.25) is 14.6 Å². The van der Waals surface area contributed by atoms with Gasteiger partial charge in [0.15, 0.2) is 6.29 Å². The number of aryl methyl sites for hydroxylation is 2. The minimum absolute atomic E-state index is 0.605. The highest BCUT2D eigenvalue weighted by Gasteiger charge is 2.07. The van der Waals surface area contributed by atoms with Gasteiger partial charge in [0.2, 0.25) is 6.41 Å². The number of hydrogen-bond acceptors (Lipinski definition) is 7. The molecule has 9 heteroatoms. The first-order valence-corrected chi connectivity index (χ1v) is 9.93. The van der Waals surface area contributed by atoms with Crippen LogP contribution in [0.15, 0.2) is 43.0 Å². The summed E-state index contributed by atoms with van der Waals surface area (Å²) in [6.45, 7) is 3.92. The van der Waals surface area contributed by atoms with Gasteiger partial charge in [0.25, 0.3) is 0 Å². The molecule has 0 aliphatic rings. The summed E-state index contributed by atoms with van der Waals surface area (Å²) in [5.74, 6) is 0. The molecule has 0 spiro atoms. The van der Waals surface area contributed by atoms with Gasteiger partial charge < -0.3 is 11.1 Å². The van der Waals surface area contributed by atoms with Crippen LogP contribution >= 0.6 is 22.7 Å². The molecule has 0 aliphatic heterocycles. The molecule has 7 nitrogen and oxygen atoms in total. The average molecular weight is 416 g/mol. The van der Waals surface area contributed by atoms with Crippen molar-refractivity contribution in [1.29, 1.82) is 0 Å². The molecule has 28 heavy (non-hydrogen) atoms. The Hall–Kier alpha value is -2.88. The molecule has 0 bridgehead atoms. The second-order valence-electron chi connectivity index (χ2n) is 5.46. The van der Waals surface area contributed by atoms with E-state index in [9.17, 15) is 9.59 Å². The molecule has 146 valence electrons. The summed E-state index contributed by atoms with van der Waals surface area (Å²) < 4.78 is 1.92. The maximum atomic E-state index is 10.3. The van der Waals surface area contributed by atoms with E-state index in [-0.39, 0.29) is 0 Å². The molecule has 4 heterocycles. The van der Waals surface area contributed by atoms with Crippen molar-refractivity contribution in [2.24, 2.45) is 5.73 Å². The summed E-state index contributed by atoms with van der Waals surface area (Å²) >= 11 is 3.02. The maximum Gasteiger partial charge on any atom is 0.212 e. The van der Waals surface area contributed by atoms with E-state index < -0.39 is 0 Å². The van der Waals surface area contributed by atoms with Gasteiger partial charge in [-0.2, -0.15) is 5.10 Å². The number of nitrogens with zero attached hydrogens (tertiary/aromatic N) is 3. The number of anilines is 1. The van der Waals surface area contributed by atoms with Crippen molar-refractivity contribution >= 4 is 45.2 Å². The number of carbonyl (C=O) groups is 2. The minimum Gasteiger partial charge on any atom is -0.333 e. The molecule has 0 radical (unpaired) electrons. The fourth-order valence-corrected chi connectivity index (χ4v) is 4.15. The predicted molar refractivity (Wildman–Crippen MR) is 115 cm³/mol. The molecular weight excluding hydrogens is 394 g/mol. The molecule has 4 rings (SSSR count). The molecule has 4 aromatic rings. The first-order chi connectivity index (χ1) is 13.6. The van der Waals surface area contributed by atoms with Gasteiger partial charge >= 0.3 is 0 Å². The summed E-state index contributed by atoms with van der Waals surface area (Å²) in [5.41, 5.74) is 7.78. The highest BCUT2D eigenvalue weighted by atomic mass is 32.1. The Labute approximate surface area is 170 Å². The van der Waals surface area contributed by atoms with Crippen LogP contribution < -0.4 is 11.1 Å². The second kappa shape index (κ2) is 10.5. The van der Waals surface area contributed by atoms with E-state index in [0.29, 0.717) is 11.3 Å². The van der Waals surface area contributed by atoms with Crippen LogP contribution in [0.4, 0.5) is 5.00 Å². The van der Waals surface area contributed by atoms with Crippen LogP contribution in [0.25, 0.3) is 15.3 Å². The van der Waals surface area contributed by atoms with Crippen molar-refractivity contribution in [2.75, 3.05) is 12.4 Å². The lowest BCUT2D eigenvalue weighted by Gasteiger charge is -1.92. The molecular formula is C19H21N5O2S2. The van der Waals surface area contributed by atoms with Crippen LogP contribution in [0.5, 0.6) is 0 Å². The number of nitrogens with two attached hydrogens (primary N) is 1. The molecule has 4 aromatic heterocycles. The number of nitrogens with one attached hydrogen (secondary N) is 1. The number of thiazole rings is 1. The number of fused-ring (bicyclic) bond motifs is 1. The number of pyridine rings is 1. The third-order valence-electron chi connectivity index (χ3n) is 3.56. The van der Waals surface area contributed by atoms with Gasteiger partial charge in [0.1, 0.15) is 4.83 Å². The van der Waals surface area contributed by atoms with Gasteiger partial charge in [-0.05, 0) is 38.6 Å². The summed E-state index contributed by atoms with van der Waals surface area (Å²) in [5, 5.41) is 7.52. The number of carbonyl (C=O) groups excluding carboxylic acids is 2. The highest BCUT2D eigenvalue weighted by molar-refractivity contribution is 7.20. The molecule has 0 aliphatic carbocycles. The van der Waals surface area contributed by atoms with Crippen LogP contribution in [-0.4, -0.2) is 34.3 Å². The quantitative estimate of drug-likeness (QED) is 0.494. The van der Waals surface area contributed by atoms with Crippen molar-refractivity contribution < 1.29 is 9.59 Å². The van der Waals surface area contributed by atoms with Crippen LogP contribution in [0.2, 0.25) is 0 Å². The third-order valence-corrected chi connectivity index (χ3v) is 5.91. The number of hydrogen-bond donors (Lipinski definition) is 2. The first kappa shape index (κ1) is 21.4. The van der Waals surface area contributed by atoms with Crippen LogP contribution in [-0.2, 0) is 4.79 Å². The summed E-state index contributed by atoms with van der Waals surface area (Å²) in [6.07, 6.45) is 8.97. The number of aldehydes is 1. The van der Waals surface area contributed by atoms with Crippen molar-refractivity contribution in [3.8, 4) is 10.4 Å². The third kappa shape index (κ3) is 5.10. The maximum absolute atomic E-state index is 10.3. The zero-order valence-electron chi connectivity index (χ0n) is 15.7. The Bertz CT molecular complexity index is 1040. The Morgan fingerprint density at radius 1 is 1.14 bits per heavy atom. The number of aromatic nitrogens is 3. The largest absolute Gasteiger partial charge is 0.333 e. The van der Waals surface area contributed by atoms with Gasteiger partial charge in [0.05, 0.1) is 21.0 Å². The van der Waals surface area contributed by atoms with Crippen LogP contribution in [0, 0.1) is 13.8 Å². The molecule has 3 N–H and O–H groups in total. The van der Waals surface area contributed by atoms with E-state index in [0.717, 1.165) is 22.4 Å². The Morgan fingerprint density at radius 3 is 2.50 bits per heavy atom. The monoisotopic (exact) mass is 415 g/mol. The van der Waals surface area contributed by atoms with E-state index >= 15 is 0 Å². The zero-order valence-corrected chi connectivity index (χ0v) is 17.4. The molecule has 0 saturated heterocycles. The average Bonchev–Trinajstić information content (AvgIpc) is 3.41. The van der Waals surface area contributed by atoms with E-state index in [4.69, 9.17) is 0 Å². The molecule has 1 amide bonds. The minimum atomic E-state index is 0.605. The number of rotatable bonds is 4. The smallest absolute Gasteiger partial charge is 0.212 e. The van der Waals surface area contributed by atoms with Gasteiger partial charge in [-0.1, -0.05) is 6.07 Å². The number of amides is 1. The highest BCUT2D eigenvalue weighted by Crippen LogP contribution is 2.29. The molecule has 0 saturated carbocycles. The zero-order chi connectivity index (χ0) is 20.5. The molecule has 0 unspecified atom stereocenters. The fraction of sp³-hybridized carbons (Fsp3) is 0.158. The molecule has 0 fully saturated rings. The SMILES string of the molecule is CN.Cc1cc(C=O)sc1NC=O.Cc1cnn2cc(-c3cccnc3)sc12. The Balaban J connectivity index is 0.000000193. The van der Waals surface area contributed by atoms with Crippen molar-refractivity contribution in [2.45, 2.75) is 13.8 Å². The van der Waals surface area contributed by atoms with Crippen LogP contribution in [0.3, 0.4) is 0 Å². The van der Waals surface area contributed by atoms with Gasteiger partial charge in [-0.25, -0.2) is 4.52 Å². The van der Waals surface area contributed by atoms with Crippen LogP contribution in [0.1, 0.15) is 20.8 Å².